The lowest BCUT2D eigenvalue weighted by Gasteiger charge is -2.13. The van der Waals surface area contributed by atoms with Crippen molar-refractivity contribution in [3.8, 4) is 0 Å². The van der Waals surface area contributed by atoms with Crippen molar-refractivity contribution < 1.29 is 0 Å². The van der Waals surface area contributed by atoms with Gasteiger partial charge in [0.05, 0.1) is 0 Å². The van der Waals surface area contributed by atoms with Crippen LogP contribution in [0.15, 0.2) is 41.4 Å². The van der Waals surface area contributed by atoms with E-state index in [9.17, 15) is 0 Å². The Morgan fingerprint density at radius 1 is 1.17 bits per heavy atom. The third-order valence-electron chi connectivity index (χ3n) is 4.01. The molecule has 23 heavy (non-hydrogen) atoms. The molecule has 0 N–H and O–H groups in total. The van der Waals surface area contributed by atoms with Crippen molar-refractivity contribution in [2.45, 2.75) is 27.2 Å². The number of hydrogen-bond acceptors (Lipinski definition) is 0. The lowest BCUT2D eigenvalue weighted by atomic mass is 9.92. The minimum absolute atomic E-state index is 1.02. The molecule has 2 rings (SSSR count). The van der Waals surface area contributed by atoms with Crippen LogP contribution in [0.1, 0.15) is 37.0 Å². The Kier molecular flexibility index (Phi) is 5.79. The van der Waals surface area contributed by atoms with Gasteiger partial charge in [-0.3, -0.25) is 0 Å². The predicted octanol–water partition coefficient (Wildman–Crippen LogP) is 5.74. The molecule has 118 valence electrons. The summed E-state index contributed by atoms with van der Waals surface area (Å²) < 4.78 is 1.03. The van der Waals surface area contributed by atoms with E-state index in [1.807, 2.05) is 19.1 Å². The van der Waals surface area contributed by atoms with Crippen LogP contribution < -0.4 is 10.4 Å². The van der Waals surface area contributed by atoms with Gasteiger partial charge in [0, 0.05) is 4.47 Å². The molecule has 0 aliphatic rings. The molecular weight excluding hydrogens is 344 g/mol. The zero-order valence-corrected chi connectivity index (χ0v) is 15.7. The molecule has 0 saturated carbocycles. The molecule has 0 bridgehead atoms. The summed E-state index contributed by atoms with van der Waals surface area (Å²) >= 11 is 3.66. The van der Waals surface area contributed by atoms with Gasteiger partial charge >= 0.3 is 0 Å². The molecular formula is C22H23Br. The van der Waals surface area contributed by atoms with Crippen molar-refractivity contribution >= 4 is 51.5 Å². The van der Waals surface area contributed by atoms with Crippen molar-refractivity contribution in [2.75, 3.05) is 0 Å². The molecule has 0 radical (unpaired) electrons. The maximum atomic E-state index is 4.23. The first-order chi connectivity index (χ1) is 11.0. The van der Waals surface area contributed by atoms with Crippen LogP contribution in [0.4, 0.5) is 0 Å². The number of fused-ring (bicyclic) bond motifs is 1. The number of benzene rings is 2. The van der Waals surface area contributed by atoms with E-state index in [-0.39, 0.29) is 0 Å². The highest BCUT2D eigenvalue weighted by Crippen LogP contribution is 2.27. The maximum absolute atomic E-state index is 4.23. The zero-order valence-electron chi connectivity index (χ0n) is 14.1. The van der Waals surface area contributed by atoms with E-state index in [1.54, 1.807) is 0 Å². The SMILES string of the molecule is C=Cc1c(/C=C\CC)c(C)cc2/c(=C/C=C\C)c(=C)c(Br)cc12. The fourth-order valence-electron chi connectivity index (χ4n) is 2.82. The molecule has 0 spiro atoms. The minimum atomic E-state index is 1.02. The highest BCUT2D eigenvalue weighted by atomic mass is 79.9. The summed E-state index contributed by atoms with van der Waals surface area (Å²) in [6.07, 6.45) is 13.6. The Hall–Kier alpha value is -1.86. The van der Waals surface area contributed by atoms with Crippen LogP contribution in [0.25, 0.3) is 35.6 Å². The van der Waals surface area contributed by atoms with Crippen LogP contribution in [0.5, 0.6) is 0 Å². The summed E-state index contributed by atoms with van der Waals surface area (Å²) in [6.45, 7) is 14.6. The highest BCUT2D eigenvalue weighted by molar-refractivity contribution is 9.10. The van der Waals surface area contributed by atoms with Crippen LogP contribution in [0.2, 0.25) is 0 Å². The number of hydrogen-bond donors (Lipinski definition) is 0. The van der Waals surface area contributed by atoms with Gasteiger partial charge in [0.15, 0.2) is 0 Å². The minimum Gasteiger partial charge on any atom is -0.0984 e. The van der Waals surface area contributed by atoms with Gasteiger partial charge < -0.3 is 0 Å². The van der Waals surface area contributed by atoms with Crippen molar-refractivity contribution in [2.24, 2.45) is 0 Å². The average Bonchev–Trinajstić information content (AvgIpc) is 2.54. The third-order valence-corrected chi connectivity index (χ3v) is 4.72. The van der Waals surface area contributed by atoms with Crippen LogP contribution >= 0.6 is 15.9 Å². The van der Waals surface area contributed by atoms with Crippen LogP contribution in [-0.2, 0) is 0 Å². The normalized spacial score (nSPS) is 12.8. The van der Waals surface area contributed by atoms with Gasteiger partial charge in [-0.2, -0.15) is 0 Å². The van der Waals surface area contributed by atoms with Crippen molar-refractivity contribution in [1.82, 2.24) is 0 Å². The summed E-state index contributed by atoms with van der Waals surface area (Å²) in [5, 5.41) is 4.60. The van der Waals surface area contributed by atoms with Crippen LogP contribution in [0, 0.1) is 6.92 Å². The molecule has 0 unspecified atom stereocenters. The lowest BCUT2D eigenvalue weighted by molar-refractivity contribution is 1.23. The highest BCUT2D eigenvalue weighted by Gasteiger charge is 2.09. The van der Waals surface area contributed by atoms with Gasteiger partial charge in [-0.25, -0.2) is 0 Å². The average molecular weight is 367 g/mol. The molecule has 0 aromatic heterocycles. The summed E-state index contributed by atoms with van der Waals surface area (Å²) in [4.78, 5) is 0. The fraction of sp³-hybridized carbons (Fsp3) is 0.182. The molecule has 0 fully saturated rings. The fourth-order valence-corrected chi connectivity index (χ4v) is 3.26. The van der Waals surface area contributed by atoms with E-state index in [1.165, 1.54) is 27.5 Å². The Bertz CT molecular complexity index is 912. The molecule has 0 aliphatic heterocycles. The van der Waals surface area contributed by atoms with Crippen LogP contribution in [-0.4, -0.2) is 0 Å². The quantitative estimate of drug-likeness (QED) is 0.646. The number of halogens is 1. The molecule has 0 aliphatic carbocycles. The van der Waals surface area contributed by atoms with E-state index >= 15 is 0 Å². The molecule has 0 nitrogen and oxygen atoms in total. The second-order valence-corrected chi connectivity index (χ2v) is 6.43. The van der Waals surface area contributed by atoms with Gasteiger partial charge in [-0.15, -0.1) is 0 Å². The lowest BCUT2D eigenvalue weighted by Crippen LogP contribution is -2.25. The Morgan fingerprint density at radius 3 is 2.52 bits per heavy atom. The molecule has 2 aromatic carbocycles. The second-order valence-electron chi connectivity index (χ2n) is 5.57. The third kappa shape index (κ3) is 3.40. The van der Waals surface area contributed by atoms with Gasteiger partial charge in [0.2, 0.25) is 0 Å². The van der Waals surface area contributed by atoms with E-state index in [0.717, 1.165) is 21.3 Å². The summed E-state index contributed by atoms with van der Waals surface area (Å²) in [5.74, 6) is 0. The van der Waals surface area contributed by atoms with E-state index in [2.05, 4.69) is 79.4 Å². The van der Waals surface area contributed by atoms with Gasteiger partial charge in [0.1, 0.15) is 0 Å². The first-order valence-electron chi connectivity index (χ1n) is 7.91. The monoisotopic (exact) mass is 366 g/mol. The topological polar surface area (TPSA) is 0 Å². The van der Waals surface area contributed by atoms with Crippen molar-refractivity contribution in [3.05, 3.63) is 68.5 Å². The summed E-state index contributed by atoms with van der Waals surface area (Å²) in [7, 11) is 0. The molecule has 0 heterocycles. The van der Waals surface area contributed by atoms with Gasteiger partial charge in [-0.05, 0) is 64.2 Å². The second kappa shape index (κ2) is 7.61. The van der Waals surface area contributed by atoms with E-state index < -0.39 is 0 Å². The Morgan fingerprint density at radius 2 is 1.91 bits per heavy atom. The van der Waals surface area contributed by atoms with Crippen LogP contribution in [0.3, 0.4) is 0 Å². The smallest absolute Gasteiger partial charge is 0.0254 e. The Balaban J connectivity index is 3.05. The Labute approximate surface area is 147 Å². The maximum Gasteiger partial charge on any atom is 0.0254 e. The van der Waals surface area contributed by atoms with Gasteiger partial charge in [-0.1, -0.05) is 78.5 Å². The molecule has 0 saturated heterocycles. The zero-order chi connectivity index (χ0) is 17.0. The predicted molar refractivity (Wildman–Crippen MR) is 110 cm³/mol. The van der Waals surface area contributed by atoms with Gasteiger partial charge in [0.25, 0.3) is 0 Å². The molecule has 0 atom stereocenters. The number of rotatable bonds is 4. The first kappa shape index (κ1) is 17.5. The van der Waals surface area contributed by atoms with Crippen molar-refractivity contribution in [3.63, 3.8) is 0 Å². The molecule has 2 aromatic rings. The summed E-state index contributed by atoms with van der Waals surface area (Å²) in [6, 6.07) is 4.42. The standard InChI is InChI=1S/C22H23Br/c1-6-9-11-18-15(4)13-20-19(12-10-7-2)16(5)22(23)14-21(20)17(18)8-3/h7-14H,3,5-6H2,1-2,4H3/b10-7-,11-9-,19-12+. The van der Waals surface area contributed by atoms with E-state index in [0.29, 0.717) is 0 Å². The van der Waals surface area contributed by atoms with Crippen molar-refractivity contribution in [1.29, 1.82) is 0 Å². The first-order valence-corrected chi connectivity index (χ1v) is 8.71. The largest absolute Gasteiger partial charge is 0.0984 e. The number of allylic oxidation sites excluding steroid dienone is 3. The summed E-state index contributed by atoms with van der Waals surface area (Å²) in [5.41, 5.74) is 3.68. The van der Waals surface area contributed by atoms with E-state index in [4.69, 9.17) is 0 Å². The molecule has 0 amide bonds. The molecule has 1 heteroatoms. The number of aryl methyl sites for hydroxylation is 1.